The largest absolute Gasteiger partial charge is 0.292 e. The molecule has 2 saturated heterocycles. The fourth-order valence-corrected chi connectivity index (χ4v) is 3.14. The highest BCUT2D eigenvalue weighted by molar-refractivity contribution is 5.06. The van der Waals surface area contributed by atoms with Gasteiger partial charge in [-0.2, -0.15) is 0 Å². The Morgan fingerprint density at radius 1 is 1.64 bits per heavy atom. The van der Waals surface area contributed by atoms with E-state index in [4.69, 9.17) is 2.74 Å². The van der Waals surface area contributed by atoms with Crippen molar-refractivity contribution in [3.05, 3.63) is 0 Å². The third-order valence-corrected chi connectivity index (χ3v) is 3.57. The second-order valence-corrected chi connectivity index (χ2v) is 5.17. The van der Waals surface area contributed by atoms with Crippen molar-refractivity contribution in [3.63, 3.8) is 0 Å². The van der Waals surface area contributed by atoms with Crippen molar-refractivity contribution >= 4 is 0 Å². The highest BCUT2D eigenvalue weighted by atomic mass is 19.1. The van der Waals surface area contributed by atoms with Gasteiger partial charge in [0.25, 0.3) is 0 Å². The number of halogens is 1. The molecule has 2 aliphatic rings. The number of nitrogens with zero attached hydrogens (tertiary/aromatic N) is 1. The van der Waals surface area contributed by atoms with Crippen LogP contribution in [0.15, 0.2) is 0 Å². The van der Waals surface area contributed by atoms with Gasteiger partial charge in [0.1, 0.15) is 6.17 Å². The van der Waals surface area contributed by atoms with E-state index >= 15 is 0 Å². The summed E-state index contributed by atoms with van der Waals surface area (Å²) >= 11 is 0. The minimum atomic E-state index is -1.29. The van der Waals surface area contributed by atoms with E-state index in [1.165, 1.54) is 0 Å². The van der Waals surface area contributed by atoms with Gasteiger partial charge in [-0.25, -0.2) is 4.39 Å². The molecule has 0 bridgehead atoms. The number of alkyl halides is 1. The molecule has 0 radical (unpaired) electrons. The minimum absolute atomic E-state index is 0.0643. The first-order valence-corrected chi connectivity index (χ1v) is 5.72. The standard InChI is InChI=1S/C12H22FN/c1-9(2)6-12-5-4-10(3)14(12)8-11(13)7-12/h9-11H,4-8H2,1-3H3/t10-,11+,12+/m0/s1/i6D2. The van der Waals surface area contributed by atoms with Crippen molar-refractivity contribution in [2.75, 3.05) is 6.54 Å². The van der Waals surface area contributed by atoms with Gasteiger partial charge in [-0.15, -0.1) is 0 Å². The Hall–Kier alpha value is -0.110. The maximum absolute atomic E-state index is 13.6. The monoisotopic (exact) mass is 201 g/mol. The molecule has 3 atom stereocenters. The first-order chi connectivity index (χ1) is 7.31. The molecule has 82 valence electrons. The molecule has 2 fully saturated rings. The predicted molar refractivity (Wildman–Crippen MR) is 57.1 cm³/mol. The van der Waals surface area contributed by atoms with Crippen LogP contribution in [0.25, 0.3) is 0 Å². The number of hydrogen-bond acceptors (Lipinski definition) is 1. The second-order valence-electron chi connectivity index (χ2n) is 5.17. The summed E-state index contributed by atoms with van der Waals surface area (Å²) < 4.78 is 30.3. The molecular weight excluding hydrogens is 177 g/mol. The molecule has 14 heavy (non-hydrogen) atoms. The maximum Gasteiger partial charge on any atom is 0.115 e. The quantitative estimate of drug-likeness (QED) is 0.664. The molecule has 0 aromatic heterocycles. The zero-order chi connectivity index (χ0) is 12.1. The molecule has 2 heterocycles. The maximum atomic E-state index is 13.6. The Labute approximate surface area is 89.5 Å². The average molecular weight is 201 g/mol. The van der Waals surface area contributed by atoms with Gasteiger partial charge in [0.2, 0.25) is 0 Å². The van der Waals surface area contributed by atoms with Crippen LogP contribution in [-0.2, 0) is 0 Å². The van der Waals surface area contributed by atoms with E-state index in [1.807, 2.05) is 13.8 Å². The van der Waals surface area contributed by atoms with Crippen molar-refractivity contribution in [2.24, 2.45) is 5.92 Å². The van der Waals surface area contributed by atoms with Gasteiger partial charge in [0, 0.05) is 20.9 Å². The Balaban J connectivity index is 2.35. The van der Waals surface area contributed by atoms with E-state index < -0.39 is 18.1 Å². The Morgan fingerprint density at radius 3 is 3.00 bits per heavy atom. The Morgan fingerprint density at radius 2 is 2.36 bits per heavy atom. The second kappa shape index (κ2) is 3.48. The first-order valence-electron chi connectivity index (χ1n) is 6.72. The van der Waals surface area contributed by atoms with Crippen LogP contribution < -0.4 is 0 Å². The number of fused-ring (bicyclic) bond motifs is 1. The third-order valence-electron chi connectivity index (χ3n) is 3.57. The summed E-state index contributed by atoms with van der Waals surface area (Å²) in [5.41, 5.74) is -0.542. The first kappa shape index (κ1) is 8.09. The van der Waals surface area contributed by atoms with Gasteiger partial charge in [0.05, 0.1) is 0 Å². The lowest BCUT2D eigenvalue weighted by Gasteiger charge is -2.35. The van der Waals surface area contributed by atoms with Gasteiger partial charge in [-0.05, 0) is 38.5 Å². The summed E-state index contributed by atoms with van der Waals surface area (Å²) in [6.07, 6.45) is 0.0383. The van der Waals surface area contributed by atoms with Crippen molar-refractivity contribution in [1.29, 1.82) is 0 Å². The van der Waals surface area contributed by atoms with E-state index in [2.05, 4.69) is 11.8 Å². The van der Waals surface area contributed by atoms with Crippen LogP contribution in [0.3, 0.4) is 0 Å². The predicted octanol–water partition coefficient (Wildman–Crippen LogP) is 3.00. The van der Waals surface area contributed by atoms with Crippen LogP contribution in [0.5, 0.6) is 0 Å². The van der Waals surface area contributed by atoms with Crippen LogP contribution in [0.1, 0.15) is 49.1 Å². The van der Waals surface area contributed by atoms with Crippen molar-refractivity contribution in [1.82, 2.24) is 4.90 Å². The summed E-state index contributed by atoms with van der Waals surface area (Å²) in [7, 11) is 0. The molecule has 0 spiro atoms. The molecular formula is C12H22FN. The molecule has 2 rings (SSSR count). The molecule has 1 nitrogen and oxygen atoms in total. The molecule has 0 aliphatic carbocycles. The Bertz CT molecular complexity index is 282. The molecule has 0 aromatic rings. The fourth-order valence-electron chi connectivity index (χ4n) is 3.14. The molecule has 0 aromatic carbocycles. The van der Waals surface area contributed by atoms with Crippen LogP contribution >= 0.6 is 0 Å². The highest BCUT2D eigenvalue weighted by Crippen LogP contribution is 2.46. The normalized spacial score (nSPS) is 46.6. The summed E-state index contributed by atoms with van der Waals surface area (Å²) in [6, 6.07) is 0.328. The average Bonchev–Trinajstić information content (AvgIpc) is 2.65. The molecule has 0 N–H and O–H groups in total. The van der Waals surface area contributed by atoms with Crippen LogP contribution in [0, 0.1) is 5.92 Å². The molecule has 2 aliphatic heterocycles. The zero-order valence-electron chi connectivity index (χ0n) is 11.4. The third kappa shape index (κ3) is 1.58. The van der Waals surface area contributed by atoms with Gasteiger partial charge in [-0.1, -0.05) is 13.8 Å². The van der Waals surface area contributed by atoms with Gasteiger partial charge in [-0.3, -0.25) is 4.90 Å². The summed E-state index contributed by atoms with van der Waals surface area (Å²) in [6.45, 7) is 6.33. The number of hydrogen-bond donors (Lipinski definition) is 0. The lowest BCUT2D eigenvalue weighted by molar-refractivity contribution is 0.132. The topological polar surface area (TPSA) is 3.24 Å². The molecule has 0 amide bonds. The van der Waals surface area contributed by atoms with E-state index in [0.29, 0.717) is 19.0 Å². The summed E-state index contributed by atoms with van der Waals surface area (Å²) in [5, 5.41) is 0. The van der Waals surface area contributed by atoms with Crippen LogP contribution in [0.2, 0.25) is 0 Å². The fraction of sp³-hybridized carbons (Fsp3) is 1.00. The lowest BCUT2D eigenvalue weighted by atomic mass is 9.85. The number of rotatable bonds is 2. The van der Waals surface area contributed by atoms with E-state index in [-0.39, 0.29) is 5.92 Å². The zero-order valence-corrected chi connectivity index (χ0v) is 9.39. The summed E-state index contributed by atoms with van der Waals surface area (Å²) in [4.78, 5) is 2.09. The van der Waals surface area contributed by atoms with Gasteiger partial charge in [0.15, 0.2) is 0 Å². The van der Waals surface area contributed by atoms with Gasteiger partial charge < -0.3 is 0 Å². The summed E-state index contributed by atoms with van der Waals surface area (Å²) in [5.74, 6) is -0.0643. The van der Waals surface area contributed by atoms with Crippen molar-refractivity contribution in [3.8, 4) is 0 Å². The van der Waals surface area contributed by atoms with E-state index in [1.54, 1.807) is 0 Å². The molecule has 2 heteroatoms. The molecule has 0 unspecified atom stereocenters. The van der Waals surface area contributed by atoms with Gasteiger partial charge >= 0.3 is 0 Å². The van der Waals surface area contributed by atoms with E-state index in [0.717, 1.165) is 12.8 Å². The van der Waals surface area contributed by atoms with Crippen LogP contribution in [0.4, 0.5) is 4.39 Å². The van der Waals surface area contributed by atoms with E-state index in [9.17, 15) is 4.39 Å². The highest BCUT2D eigenvalue weighted by Gasteiger charge is 2.51. The van der Waals surface area contributed by atoms with Crippen LogP contribution in [-0.4, -0.2) is 29.2 Å². The molecule has 0 saturated carbocycles. The smallest absolute Gasteiger partial charge is 0.115 e. The SMILES string of the molecule is [2H]C([2H])(C(C)C)[C@@]12CC[C@H](C)N1C[C@H](F)C2. The minimum Gasteiger partial charge on any atom is -0.292 e. The Kier molecular flexibility index (Phi) is 2.01. The van der Waals surface area contributed by atoms with Crippen molar-refractivity contribution in [2.45, 2.75) is 64.2 Å². The lowest BCUT2D eigenvalue weighted by Crippen LogP contribution is -2.42. The van der Waals surface area contributed by atoms with Crippen molar-refractivity contribution < 1.29 is 7.13 Å².